The number of hydrogen-bond acceptors (Lipinski definition) is 5. The maximum absolute atomic E-state index is 14.2. The lowest BCUT2D eigenvalue weighted by Gasteiger charge is -2.38. The Morgan fingerprint density at radius 1 is 1.11 bits per heavy atom. The number of carbonyl (C=O) groups excluding carboxylic acids is 3. The number of thioether (sulfide) groups is 1. The van der Waals surface area contributed by atoms with Crippen LogP contribution in [0.1, 0.15) is 65.2 Å². The van der Waals surface area contributed by atoms with E-state index in [9.17, 15) is 19.5 Å². The standard InChI is InChI=1S/C28H45N3O4S/c1-6-9-11-18-30(17-8-3)26(35)23-28-15-14-27(4,36-28)21(24(33)29(5)16-7-2)22(28)25(34)31(23)19-12-10-13-20-32/h7-8,21-23,32H,2-3,6,9-20H2,1,4-5H3/t21-,22-,23?,27+,28?/m0/s1. The van der Waals surface area contributed by atoms with Crippen molar-refractivity contribution in [2.75, 3.05) is 39.8 Å². The molecule has 3 amide bonds. The molecule has 202 valence electrons. The molecule has 7 nitrogen and oxygen atoms in total. The maximum Gasteiger partial charge on any atom is 0.247 e. The number of aliphatic hydroxyl groups excluding tert-OH is 1. The molecular formula is C28H45N3O4S. The third kappa shape index (κ3) is 5.13. The van der Waals surface area contributed by atoms with E-state index in [1.807, 2.05) is 4.90 Å². The van der Waals surface area contributed by atoms with E-state index >= 15 is 0 Å². The Bertz CT molecular complexity index is 851. The van der Waals surface area contributed by atoms with Gasteiger partial charge in [0, 0.05) is 44.6 Å². The molecule has 0 aliphatic carbocycles. The van der Waals surface area contributed by atoms with E-state index in [-0.39, 0.29) is 29.1 Å². The molecule has 0 saturated carbocycles. The second kappa shape index (κ2) is 12.2. The molecule has 3 aliphatic heterocycles. The number of likely N-dealkylation sites (tertiary alicyclic amines) is 1. The zero-order valence-electron chi connectivity index (χ0n) is 22.4. The number of amides is 3. The molecule has 3 fully saturated rings. The van der Waals surface area contributed by atoms with Crippen molar-refractivity contribution in [1.29, 1.82) is 0 Å². The highest BCUT2D eigenvalue weighted by molar-refractivity contribution is 8.02. The predicted molar refractivity (Wildman–Crippen MR) is 146 cm³/mol. The summed E-state index contributed by atoms with van der Waals surface area (Å²) in [5.74, 6) is -1.02. The van der Waals surface area contributed by atoms with Crippen LogP contribution in [0.15, 0.2) is 25.3 Å². The fraction of sp³-hybridized carbons (Fsp3) is 0.750. The first kappa shape index (κ1) is 28.8. The summed E-state index contributed by atoms with van der Waals surface area (Å²) in [5.41, 5.74) is 0. The highest BCUT2D eigenvalue weighted by atomic mass is 32.2. The van der Waals surface area contributed by atoms with Crippen LogP contribution in [0.25, 0.3) is 0 Å². The summed E-state index contributed by atoms with van der Waals surface area (Å²) in [7, 11) is 1.77. The number of nitrogens with zero attached hydrogens (tertiary/aromatic N) is 3. The van der Waals surface area contributed by atoms with Gasteiger partial charge in [-0.15, -0.1) is 24.9 Å². The minimum absolute atomic E-state index is 0.00620. The number of likely N-dealkylation sites (N-methyl/N-ethyl adjacent to an activating group) is 1. The van der Waals surface area contributed by atoms with Crippen LogP contribution < -0.4 is 0 Å². The molecule has 2 unspecified atom stereocenters. The molecule has 0 aromatic carbocycles. The average molecular weight is 520 g/mol. The van der Waals surface area contributed by atoms with Gasteiger partial charge in [-0.05, 0) is 45.4 Å². The van der Waals surface area contributed by atoms with Gasteiger partial charge in [0.2, 0.25) is 17.7 Å². The lowest BCUT2D eigenvalue weighted by molar-refractivity contribution is -0.145. The zero-order chi connectivity index (χ0) is 26.5. The summed E-state index contributed by atoms with van der Waals surface area (Å²) >= 11 is 1.73. The summed E-state index contributed by atoms with van der Waals surface area (Å²) in [5, 5.41) is 9.22. The Balaban J connectivity index is 1.99. The molecule has 36 heavy (non-hydrogen) atoms. The SMILES string of the molecule is C=CCN(C)C(=O)[C@@H]1[C@H]2C(=O)N(CCCCCO)C(C(=O)N(CC=C)CCCCC)C23CC[C@@]1(C)S3. The van der Waals surface area contributed by atoms with E-state index < -0.39 is 22.6 Å². The highest BCUT2D eigenvalue weighted by Crippen LogP contribution is 2.71. The molecule has 1 spiro atoms. The van der Waals surface area contributed by atoms with Gasteiger partial charge in [0.1, 0.15) is 6.04 Å². The van der Waals surface area contributed by atoms with Gasteiger partial charge in [-0.3, -0.25) is 14.4 Å². The number of carbonyl (C=O) groups is 3. The smallest absolute Gasteiger partial charge is 0.247 e. The van der Waals surface area contributed by atoms with E-state index in [4.69, 9.17) is 0 Å². The molecule has 8 heteroatoms. The summed E-state index contributed by atoms with van der Waals surface area (Å²) in [4.78, 5) is 47.3. The Morgan fingerprint density at radius 2 is 1.83 bits per heavy atom. The van der Waals surface area contributed by atoms with Crippen LogP contribution in [-0.2, 0) is 14.4 Å². The fourth-order valence-electron chi connectivity index (χ4n) is 6.59. The van der Waals surface area contributed by atoms with Crippen molar-refractivity contribution < 1.29 is 19.5 Å². The van der Waals surface area contributed by atoms with Gasteiger partial charge in [0.15, 0.2) is 0 Å². The molecule has 0 radical (unpaired) electrons. The molecule has 3 heterocycles. The van der Waals surface area contributed by atoms with Gasteiger partial charge in [-0.25, -0.2) is 0 Å². The number of hydrogen-bond donors (Lipinski definition) is 1. The number of unbranched alkanes of at least 4 members (excludes halogenated alkanes) is 4. The van der Waals surface area contributed by atoms with Crippen LogP contribution in [0, 0.1) is 11.8 Å². The summed E-state index contributed by atoms with van der Waals surface area (Å²) < 4.78 is -0.945. The number of rotatable bonds is 15. The normalized spacial score (nSPS) is 30.4. The van der Waals surface area contributed by atoms with Gasteiger partial charge in [-0.2, -0.15) is 0 Å². The Labute approximate surface area is 221 Å². The minimum Gasteiger partial charge on any atom is -0.396 e. The van der Waals surface area contributed by atoms with Crippen molar-refractivity contribution in [2.45, 2.75) is 80.7 Å². The average Bonchev–Trinajstić information content (AvgIpc) is 3.41. The van der Waals surface area contributed by atoms with Gasteiger partial charge >= 0.3 is 0 Å². The van der Waals surface area contributed by atoms with Crippen molar-refractivity contribution in [3.63, 3.8) is 0 Å². The third-order valence-electron chi connectivity index (χ3n) is 8.31. The second-order valence-corrected chi connectivity index (χ2v) is 12.7. The molecular weight excluding hydrogens is 474 g/mol. The Hall–Kier alpha value is -1.80. The minimum atomic E-state index is -0.584. The fourth-order valence-corrected chi connectivity index (χ4v) is 8.93. The lowest BCUT2D eigenvalue weighted by atomic mass is 9.66. The molecule has 0 aromatic heterocycles. The van der Waals surface area contributed by atoms with Crippen molar-refractivity contribution in [3.8, 4) is 0 Å². The van der Waals surface area contributed by atoms with Gasteiger partial charge < -0.3 is 19.8 Å². The molecule has 3 aliphatic rings. The first-order valence-electron chi connectivity index (χ1n) is 13.6. The molecule has 2 bridgehead atoms. The summed E-state index contributed by atoms with van der Waals surface area (Å²) in [6, 6.07) is -0.569. The number of aliphatic hydroxyl groups is 1. The van der Waals surface area contributed by atoms with Crippen LogP contribution in [0.5, 0.6) is 0 Å². The van der Waals surface area contributed by atoms with Crippen LogP contribution in [0.2, 0.25) is 0 Å². The van der Waals surface area contributed by atoms with E-state index in [1.165, 1.54) is 0 Å². The van der Waals surface area contributed by atoms with Crippen LogP contribution >= 0.6 is 11.8 Å². The zero-order valence-corrected chi connectivity index (χ0v) is 23.2. The lowest BCUT2D eigenvalue weighted by Crippen LogP contribution is -2.55. The Morgan fingerprint density at radius 3 is 2.47 bits per heavy atom. The monoisotopic (exact) mass is 519 g/mol. The maximum atomic E-state index is 14.2. The first-order valence-corrected chi connectivity index (χ1v) is 14.4. The Kier molecular flexibility index (Phi) is 9.72. The molecule has 3 saturated heterocycles. The molecule has 1 N–H and O–H groups in total. The van der Waals surface area contributed by atoms with E-state index in [0.717, 1.165) is 44.9 Å². The largest absolute Gasteiger partial charge is 0.396 e. The van der Waals surface area contributed by atoms with E-state index in [1.54, 1.807) is 40.8 Å². The van der Waals surface area contributed by atoms with Crippen molar-refractivity contribution in [2.24, 2.45) is 11.8 Å². The van der Waals surface area contributed by atoms with Gasteiger partial charge in [0.05, 0.1) is 16.6 Å². The summed E-state index contributed by atoms with van der Waals surface area (Å²) in [6.45, 7) is 14.0. The second-order valence-electron chi connectivity index (χ2n) is 10.8. The van der Waals surface area contributed by atoms with Crippen LogP contribution in [0.3, 0.4) is 0 Å². The molecule has 0 aromatic rings. The van der Waals surface area contributed by atoms with Crippen molar-refractivity contribution in [1.82, 2.24) is 14.7 Å². The third-order valence-corrected chi connectivity index (χ3v) is 10.3. The van der Waals surface area contributed by atoms with Crippen LogP contribution in [-0.4, -0.2) is 92.9 Å². The van der Waals surface area contributed by atoms with Gasteiger partial charge in [-0.1, -0.05) is 31.9 Å². The highest BCUT2D eigenvalue weighted by Gasteiger charge is 2.77. The van der Waals surface area contributed by atoms with Crippen molar-refractivity contribution >= 4 is 29.5 Å². The quantitative estimate of drug-likeness (QED) is 0.265. The topological polar surface area (TPSA) is 81.2 Å². The van der Waals surface area contributed by atoms with E-state index in [2.05, 4.69) is 27.0 Å². The van der Waals surface area contributed by atoms with E-state index in [0.29, 0.717) is 32.6 Å². The molecule has 3 rings (SSSR count). The predicted octanol–water partition coefficient (Wildman–Crippen LogP) is 3.48. The number of fused-ring (bicyclic) bond motifs is 1. The summed E-state index contributed by atoms with van der Waals surface area (Å²) in [6.07, 6.45) is 10.3. The molecule has 5 atom stereocenters. The first-order chi connectivity index (χ1) is 17.2. The van der Waals surface area contributed by atoms with Gasteiger partial charge in [0.25, 0.3) is 0 Å². The van der Waals surface area contributed by atoms with Crippen molar-refractivity contribution in [3.05, 3.63) is 25.3 Å². The van der Waals surface area contributed by atoms with Crippen LogP contribution in [0.4, 0.5) is 0 Å².